The summed E-state index contributed by atoms with van der Waals surface area (Å²) >= 11 is 7.95. The largest absolute Gasteiger partial charge is 0.465 e. The van der Waals surface area contributed by atoms with Gasteiger partial charge in [0, 0.05) is 32.7 Å². The second kappa shape index (κ2) is 12.1. The van der Waals surface area contributed by atoms with Gasteiger partial charge in [0.1, 0.15) is 17.6 Å². The summed E-state index contributed by atoms with van der Waals surface area (Å²) in [4.78, 5) is 44.2. The molecule has 0 fully saturated rings. The Morgan fingerprint density at radius 3 is 2.48 bits per heavy atom. The predicted octanol–water partition coefficient (Wildman–Crippen LogP) is 6.38. The number of carbonyl (C=O) groups is 3. The van der Waals surface area contributed by atoms with E-state index in [-0.39, 0.29) is 42.2 Å². The number of thiophene rings is 1. The Kier molecular flexibility index (Phi) is 8.52. The monoisotopic (exact) mass is 608 g/mol. The van der Waals surface area contributed by atoms with Crippen molar-refractivity contribution in [3.63, 3.8) is 0 Å². The lowest BCUT2D eigenvalue weighted by atomic mass is 9.68. The zero-order chi connectivity index (χ0) is 30.1. The number of ketones is 1. The minimum atomic E-state index is -1.22. The Morgan fingerprint density at radius 1 is 1.07 bits per heavy atom. The van der Waals surface area contributed by atoms with Crippen LogP contribution < -0.4 is 10.6 Å². The number of Topliss-reactive ketones (excluding diaryl/α,β-unsaturated/α-hetero) is 1. The molecule has 0 radical (unpaired) electrons. The Morgan fingerprint density at radius 2 is 1.81 bits per heavy atom. The van der Waals surface area contributed by atoms with E-state index in [2.05, 4.69) is 0 Å². The number of ether oxygens (including phenoxy) is 2. The van der Waals surface area contributed by atoms with Gasteiger partial charge >= 0.3 is 11.9 Å². The molecule has 1 aromatic heterocycles. The minimum Gasteiger partial charge on any atom is -0.465 e. The van der Waals surface area contributed by atoms with E-state index < -0.39 is 41.3 Å². The summed E-state index contributed by atoms with van der Waals surface area (Å²) in [7, 11) is 0. The minimum absolute atomic E-state index is 0.00173. The molecule has 2 aromatic carbocycles. The number of hydrogen-bond acceptors (Lipinski definition) is 8. The van der Waals surface area contributed by atoms with Crippen LogP contribution in [-0.4, -0.2) is 30.9 Å². The van der Waals surface area contributed by atoms with E-state index in [1.807, 2.05) is 17.5 Å². The molecule has 1 aliphatic carbocycles. The number of nitrogens with zero attached hydrogens (tertiary/aromatic N) is 1. The molecule has 10 heteroatoms. The highest BCUT2D eigenvalue weighted by atomic mass is 35.5. The number of rotatable bonds is 7. The van der Waals surface area contributed by atoms with Crippen molar-refractivity contribution in [1.29, 1.82) is 0 Å². The van der Waals surface area contributed by atoms with E-state index in [0.717, 1.165) is 4.88 Å². The van der Waals surface area contributed by atoms with Gasteiger partial charge in [0.25, 0.3) is 0 Å². The fourth-order valence-corrected chi connectivity index (χ4v) is 6.88. The predicted molar refractivity (Wildman–Crippen MR) is 159 cm³/mol. The highest BCUT2D eigenvalue weighted by molar-refractivity contribution is 7.10. The van der Waals surface area contributed by atoms with Gasteiger partial charge in [-0.05, 0) is 62.4 Å². The van der Waals surface area contributed by atoms with Crippen molar-refractivity contribution < 1.29 is 28.2 Å². The van der Waals surface area contributed by atoms with Crippen LogP contribution in [0.4, 0.5) is 10.1 Å². The first-order chi connectivity index (χ1) is 20.2. The highest BCUT2D eigenvalue weighted by Gasteiger charge is 2.52. The van der Waals surface area contributed by atoms with Crippen LogP contribution in [0.5, 0.6) is 0 Å². The first-order valence-corrected chi connectivity index (χ1v) is 14.9. The molecule has 42 heavy (non-hydrogen) atoms. The smallest absolute Gasteiger partial charge is 0.338 e. The molecule has 2 N–H and O–H groups in total. The van der Waals surface area contributed by atoms with Gasteiger partial charge in [-0.2, -0.15) is 0 Å². The Hall–Kier alpha value is -3.95. The third-order valence-electron chi connectivity index (χ3n) is 7.68. The number of hydrogen-bond donors (Lipinski definition) is 1. The van der Waals surface area contributed by atoms with Crippen molar-refractivity contribution in [1.82, 2.24) is 0 Å². The maximum Gasteiger partial charge on any atom is 0.338 e. The SMILES string of the molecule is CCOC(=O)C1=C(N)N(c2cccc(Cl)c2C)C2=C(C(=O)[C@@H](C(=O)OCC)[C@@H](c3cccs3)C2)[C@@H]1c1ccccc1F. The van der Waals surface area contributed by atoms with Gasteiger partial charge in [0.05, 0.1) is 30.4 Å². The molecule has 0 bridgehead atoms. The summed E-state index contributed by atoms with van der Waals surface area (Å²) in [5, 5.41) is 2.33. The van der Waals surface area contributed by atoms with E-state index in [4.69, 9.17) is 26.8 Å². The van der Waals surface area contributed by atoms with E-state index in [9.17, 15) is 14.4 Å². The van der Waals surface area contributed by atoms with Crippen LogP contribution in [0.25, 0.3) is 0 Å². The van der Waals surface area contributed by atoms with Gasteiger partial charge in [-0.25, -0.2) is 9.18 Å². The topological polar surface area (TPSA) is 98.9 Å². The van der Waals surface area contributed by atoms with E-state index in [1.54, 1.807) is 49.9 Å². The Bertz CT molecular complexity index is 1620. The lowest BCUT2D eigenvalue weighted by Crippen LogP contribution is -2.46. The van der Waals surface area contributed by atoms with Crippen molar-refractivity contribution >= 4 is 46.3 Å². The molecule has 1 aliphatic heterocycles. The van der Waals surface area contributed by atoms with Gasteiger partial charge in [0.2, 0.25) is 0 Å². The maximum absolute atomic E-state index is 15.6. The molecule has 7 nitrogen and oxygen atoms in total. The number of anilines is 1. The fraction of sp³-hybridized carbons (Fsp3) is 0.281. The molecular weight excluding hydrogens is 579 g/mol. The Labute approximate surface area is 252 Å². The molecule has 0 saturated carbocycles. The molecule has 0 unspecified atom stereocenters. The average molecular weight is 609 g/mol. The molecule has 3 aromatic rings. The molecule has 5 rings (SSSR count). The zero-order valence-corrected chi connectivity index (χ0v) is 24.9. The summed E-state index contributed by atoms with van der Waals surface area (Å²) in [6.45, 7) is 5.23. The van der Waals surface area contributed by atoms with Crippen LogP contribution in [0.2, 0.25) is 5.02 Å². The quantitative estimate of drug-likeness (QED) is 0.246. The molecule has 0 amide bonds. The standard InChI is InChI=1S/C32H30ClFN2O5S/c1-4-40-31(38)26-19(24-14-9-15-42-24)16-23-27(29(26)37)25(18-10-6-7-12-21(18)34)28(32(39)41-5-2)30(35)36(23)22-13-8-11-20(33)17(22)3/h6-15,19,25-26H,4-5,16,35H2,1-3H3/t19-,25+,26+/m1/s1. The van der Waals surface area contributed by atoms with Crippen molar-refractivity contribution in [2.24, 2.45) is 11.7 Å². The van der Waals surface area contributed by atoms with Crippen LogP contribution in [0, 0.1) is 18.7 Å². The Balaban J connectivity index is 1.86. The van der Waals surface area contributed by atoms with Crippen LogP contribution in [0.1, 0.15) is 48.1 Å². The van der Waals surface area contributed by atoms with Crippen LogP contribution in [0.15, 0.2) is 82.6 Å². The van der Waals surface area contributed by atoms with Crippen molar-refractivity contribution in [3.8, 4) is 0 Å². The third-order valence-corrected chi connectivity index (χ3v) is 9.09. The number of carbonyl (C=O) groups excluding carboxylic acids is 3. The lowest BCUT2D eigenvalue weighted by Gasteiger charge is -2.44. The van der Waals surface area contributed by atoms with Gasteiger partial charge in [-0.1, -0.05) is 41.9 Å². The van der Waals surface area contributed by atoms with Gasteiger partial charge < -0.3 is 15.2 Å². The van der Waals surface area contributed by atoms with Gasteiger partial charge in [0.15, 0.2) is 5.78 Å². The van der Waals surface area contributed by atoms with Crippen LogP contribution in [0.3, 0.4) is 0 Å². The number of esters is 2. The number of benzene rings is 2. The molecule has 0 saturated heterocycles. The van der Waals surface area contributed by atoms with Gasteiger partial charge in [-0.3, -0.25) is 14.5 Å². The maximum atomic E-state index is 15.6. The normalized spacial score (nSPS) is 20.5. The van der Waals surface area contributed by atoms with Crippen molar-refractivity contribution in [3.05, 3.63) is 109 Å². The van der Waals surface area contributed by atoms with Crippen LogP contribution in [-0.2, 0) is 23.9 Å². The van der Waals surface area contributed by atoms with E-state index in [0.29, 0.717) is 22.0 Å². The van der Waals surface area contributed by atoms with E-state index >= 15 is 4.39 Å². The third kappa shape index (κ3) is 5.01. The summed E-state index contributed by atoms with van der Waals surface area (Å²) in [6.07, 6.45) is 0.193. The van der Waals surface area contributed by atoms with Crippen LogP contribution >= 0.6 is 22.9 Å². The number of nitrogens with two attached hydrogens (primary N) is 1. The van der Waals surface area contributed by atoms with E-state index in [1.165, 1.54) is 29.5 Å². The lowest BCUT2D eigenvalue weighted by molar-refractivity contribution is -0.152. The second-order valence-electron chi connectivity index (χ2n) is 9.97. The van der Waals surface area contributed by atoms with Gasteiger partial charge in [-0.15, -0.1) is 11.3 Å². The van der Waals surface area contributed by atoms with Crippen molar-refractivity contribution in [2.45, 2.75) is 39.0 Å². The summed E-state index contributed by atoms with van der Waals surface area (Å²) < 4.78 is 26.4. The van der Waals surface area contributed by atoms with Crippen molar-refractivity contribution in [2.75, 3.05) is 18.1 Å². The summed E-state index contributed by atoms with van der Waals surface area (Å²) in [5.41, 5.74) is 8.60. The first-order valence-electron chi connectivity index (χ1n) is 13.6. The first kappa shape index (κ1) is 29.5. The summed E-state index contributed by atoms with van der Waals surface area (Å²) in [6, 6.07) is 14.9. The highest BCUT2D eigenvalue weighted by Crippen LogP contribution is 2.53. The zero-order valence-electron chi connectivity index (χ0n) is 23.4. The fourth-order valence-electron chi connectivity index (χ4n) is 5.84. The summed E-state index contributed by atoms with van der Waals surface area (Å²) in [5.74, 6) is -5.65. The molecule has 218 valence electrons. The molecule has 2 heterocycles. The second-order valence-corrected chi connectivity index (χ2v) is 11.4. The molecule has 2 aliphatic rings. The average Bonchev–Trinajstić information content (AvgIpc) is 3.50. The molecule has 3 atom stereocenters. The molecular formula is C32H30ClFN2O5S. The number of allylic oxidation sites excluding steroid dienone is 2. The number of halogens is 2. The molecule has 0 spiro atoms.